The highest BCUT2D eigenvalue weighted by atomic mass is 31.2. The second-order valence-corrected chi connectivity index (χ2v) is 27.6. The van der Waals surface area contributed by atoms with E-state index in [9.17, 15) is 43.2 Å². The van der Waals surface area contributed by atoms with Crippen molar-refractivity contribution in [3.8, 4) is 0 Å². The van der Waals surface area contributed by atoms with Gasteiger partial charge in [0.15, 0.2) is 12.2 Å². The van der Waals surface area contributed by atoms with E-state index in [0.29, 0.717) is 31.6 Å². The molecule has 86 heavy (non-hydrogen) atoms. The Bertz CT molecular complexity index is 1670. The minimum atomic E-state index is -4.95. The smallest absolute Gasteiger partial charge is 0.462 e. The molecule has 17 nitrogen and oxygen atoms in total. The van der Waals surface area contributed by atoms with E-state index < -0.39 is 97.5 Å². The van der Waals surface area contributed by atoms with Crippen molar-refractivity contribution < 1.29 is 80.2 Å². The lowest BCUT2D eigenvalue weighted by molar-refractivity contribution is -0.161. The molecule has 0 heterocycles. The summed E-state index contributed by atoms with van der Waals surface area (Å²) in [6.07, 6.45) is 46.0. The molecule has 0 spiro atoms. The Morgan fingerprint density at radius 1 is 0.314 bits per heavy atom. The Hall–Kier alpha value is -1.94. The summed E-state index contributed by atoms with van der Waals surface area (Å²) in [7, 11) is -9.89. The molecule has 0 radical (unpaired) electrons. The van der Waals surface area contributed by atoms with Crippen LogP contribution in [-0.4, -0.2) is 96.7 Å². The number of hydrogen-bond acceptors (Lipinski definition) is 15. The first-order valence-electron chi connectivity index (χ1n) is 35.1. The van der Waals surface area contributed by atoms with Crippen LogP contribution in [0.1, 0.15) is 343 Å². The molecule has 0 bridgehead atoms. The zero-order valence-corrected chi connectivity index (χ0v) is 57.2. The van der Waals surface area contributed by atoms with Crippen LogP contribution in [0.15, 0.2) is 0 Å². The number of aliphatic hydroxyl groups is 1. The number of aliphatic hydroxyl groups excluding tert-OH is 1. The van der Waals surface area contributed by atoms with E-state index in [2.05, 4.69) is 34.6 Å². The number of esters is 4. The predicted molar refractivity (Wildman–Crippen MR) is 345 cm³/mol. The van der Waals surface area contributed by atoms with E-state index in [1.807, 2.05) is 0 Å². The van der Waals surface area contributed by atoms with Crippen molar-refractivity contribution in [2.75, 3.05) is 39.6 Å². The molecular weight excluding hydrogens is 1140 g/mol. The zero-order chi connectivity index (χ0) is 63.5. The van der Waals surface area contributed by atoms with Crippen LogP contribution in [0.2, 0.25) is 0 Å². The molecule has 0 aromatic carbocycles. The average molecular weight is 1270 g/mol. The van der Waals surface area contributed by atoms with Gasteiger partial charge in [0.2, 0.25) is 0 Å². The van der Waals surface area contributed by atoms with Gasteiger partial charge < -0.3 is 33.8 Å². The third kappa shape index (κ3) is 60.9. The minimum absolute atomic E-state index is 0.106. The van der Waals surface area contributed by atoms with Gasteiger partial charge in [0.25, 0.3) is 0 Å². The first-order valence-corrected chi connectivity index (χ1v) is 38.1. The highest BCUT2D eigenvalue weighted by Gasteiger charge is 2.30. The Morgan fingerprint density at radius 2 is 0.535 bits per heavy atom. The topological polar surface area (TPSA) is 237 Å². The maximum Gasteiger partial charge on any atom is 0.472 e. The van der Waals surface area contributed by atoms with Crippen molar-refractivity contribution >= 4 is 39.5 Å². The molecule has 0 aliphatic rings. The SMILES string of the molecule is CCCCCCCCCCCCCCCCCCCCC(=O)O[C@H](COC(=O)CCCCCCCCCC(C)C)COP(=O)(O)OC[C@@H](O)COP(=O)(O)OC[C@@H](COC(=O)CCCCCCCCCCC)OC(=O)CCCCCCCCCCC. The van der Waals surface area contributed by atoms with Gasteiger partial charge in [-0.3, -0.25) is 37.3 Å². The van der Waals surface area contributed by atoms with Crippen LogP contribution in [0.5, 0.6) is 0 Å². The molecule has 19 heteroatoms. The van der Waals surface area contributed by atoms with Gasteiger partial charge in [0.05, 0.1) is 26.4 Å². The van der Waals surface area contributed by atoms with E-state index in [1.54, 1.807) is 0 Å². The summed E-state index contributed by atoms with van der Waals surface area (Å²) in [4.78, 5) is 72.2. The summed E-state index contributed by atoms with van der Waals surface area (Å²) < 4.78 is 68.0. The van der Waals surface area contributed by atoms with Gasteiger partial charge in [-0.05, 0) is 31.6 Å². The summed E-state index contributed by atoms with van der Waals surface area (Å²) in [6.45, 7) is 7.13. The van der Waals surface area contributed by atoms with Gasteiger partial charge in [-0.1, -0.05) is 291 Å². The molecule has 2 unspecified atom stereocenters. The molecule has 0 amide bonds. The highest BCUT2D eigenvalue weighted by molar-refractivity contribution is 7.47. The standard InChI is InChI=1S/C67H130O17P2/c1-6-9-12-15-18-21-22-23-24-25-26-27-28-29-32-37-43-48-53-67(72)84-63(57-78-65(70)51-46-41-38-33-34-39-44-49-60(4)5)59-82-86(75,76)80-55-61(68)54-79-85(73,74)81-58-62(83-66(71)52-47-42-36-31-20-17-14-11-8-3)56-77-64(69)50-45-40-35-30-19-16-13-10-7-2/h60-63,68H,6-59H2,1-5H3,(H,73,74)(H,75,76)/t61-,62+,63+/m0/s1. The molecule has 0 saturated heterocycles. The lowest BCUT2D eigenvalue weighted by Crippen LogP contribution is -2.30. The first kappa shape index (κ1) is 84.1. The summed E-state index contributed by atoms with van der Waals surface area (Å²) in [5.41, 5.74) is 0. The second kappa shape index (κ2) is 60.6. The maximum absolute atomic E-state index is 13.0. The van der Waals surface area contributed by atoms with Crippen molar-refractivity contribution in [1.82, 2.24) is 0 Å². The molecule has 0 aliphatic carbocycles. The number of phosphoric ester groups is 2. The van der Waals surface area contributed by atoms with Crippen LogP contribution in [-0.2, 0) is 65.4 Å². The largest absolute Gasteiger partial charge is 0.472 e. The van der Waals surface area contributed by atoms with Crippen molar-refractivity contribution in [3.05, 3.63) is 0 Å². The number of rotatable bonds is 67. The third-order valence-corrected chi connectivity index (χ3v) is 17.4. The van der Waals surface area contributed by atoms with Crippen LogP contribution >= 0.6 is 15.6 Å². The predicted octanol–water partition coefficient (Wildman–Crippen LogP) is 19.0. The monoisotopic (exact) mass is 1270 g/mol. The van der Waals surface area contributed by atoms with Gasteiger partial charge >= 0.3 is 39.5 Å². The van der Waals surface area contributed by atoms with E-state index in [0.717, 1.165) is 96.3 Å². The Labute approximate surface area is 524 Å². The number of phosphoric acid groups is 2. The van der Waals surface area contributed by atoms with Gasteiger partial charge in [0.1, 0.15) is 19.3 Å². The lowest BCUT2D eigenvalue weighted by atomic mass is 10.0. The van der Waals surface area contributed by atoms with E-state index in [-0.39, 0.29) is 25.7 Å². The maximum atomic E-state index is 13.0. The molecule has 5 atom stereocenters. The minimum Gasteiger partial charge on any atom is -0.462 e. The molecule has 0 aromatic rings. The van der Waals surface area contributed by atoms with Gasteiger partial charge in [0, 0.05) is 25.7 Å². The van der Waals surface area contributed by atoms with E-state index in [1.165, 1.54) is 161 Å². The molecule has 0 aliphatic heterocycles. The normalized spacial score (nSPS) is 14.2. The Morgan fingerprint density at radius 3 is 0.791 bits per heavy atom. The number of unbranched alkanes of at least 4 members (excludes halogenated alkanes) is 39. The van der Waals surface area contributed by atoms with Crippen LogP contribution in [0.25, 0.3) is 0 Å². The molecule has 0 fully saturated rings. The van der Waals surface area contributed by atoms with Crippen molar-refractivity contribution in [3.63, 3.8) is 0 Å². The van der Waals surface area contributed by atoms with Crippen LogP contribution < -0.4 is 0 Å². The van der Waals surface area contributed by atoms with Gasteiger partial charge in [-0.25, -0.2) is 9.13 Å². The van der Waals surface area contributed by atoms with Gasteiger partial charge in [-0.2, -0.15) is 0 Å². The average Bonchev–Trinajstić information content (AvgIpc) is 3.56. The van der Waals surface area contributed by atoms with Crippen LogP contribution in [0, 0.1) is 5.92 Å². The fraction of sp³-hybridized carbons (Fsp3) is 0.940. The number of carbonyl (C=O) groups excluding carboxylic acids is 4. The number of carbonyl (C=O) groups is 4. The van der Waals surface area contributed by atoms with Gasteiger partial charge in [-0.15, -0.1) is 0 Å². The fourth-order valence-electron chi connectivity index (χ4n) is 10.1. The summed E-state index contributed by atoms with van der Waals surface area (Å²) in [5.74, 6) is -1.43. The Balaban J connectivity index is 5.17. The lowest BCUT2D eigenvalue weighted by Gasteiger charge is -2.21. The number of ether oxygens (including phenoxy) is 4. The van der Waals surface area contributed by atoms with Crippen molar-refractivity contribution in [2.24, 2.45) is 5.92 Å². The third-order valence-electron chi connectivity index (χ3n) is 15.5. The zero-order valence-electron chi connectivity index (χ0n) is 55.4. The van der Waals surface area contributed by atoms with E-state index >= 15 is 0 Å². The molecule has 0 rings (SSSR count). The Kier molecular flexibility index (Phi) is 59.2. The summed E-state index contributed by atoms with van der Waals surface area (Å²) in [5, 5.41) is 10.5. The molecular formula is C67H130O17P2. The number of hydrogen-bond donors (Lipinski definition) is 3. The fourth-order valence-corrected chi connectivity index (χ4v) is 11.7. The van der Waals surface area contributed by atoms with Crippen molar-refractivity contribution in [2.45, 2.75) is 361 Å². The van der Waals surface area contributed by atoms with Crippen LogP contribution in [0.3, 0.4) is 0 Å². The van der Waals surface area contributed by atoms with Crippen molar-refractivity contribution in [1.29, 1.82) is 0 Å². The molecule has 0 saturated carbocycles. The highest BCUT2D eigenvalue weighted by Crippen LogP contribution is 2.45. The molecule has 510 valence electrons. The quantitative estimate of drug-likeness (QED) is 0.0222. The molecule has 3 N–H and O–H groups in total. The van der Waals surface area contributed by atoms with E-state index in [4.69, 9.17) is 37.0 Å². The van der Waals surface area contributed by atoms with Crippen LogP contribution in [0.4, 0.5) is 0 Å². The summed E-state index contributed by atoms with van der Waals surface area (Å²) in [6, 6.07) is 0. The molecule has 0 aromatic heterocycles. The second-order valence-electron chi connectivity index (χ2n) is 24.7. The first-order chi connectivity index (χ1) is 41.5. The summed E-state index contributed by atoms with van der Waals surface area (Å²) >= 11 is 0.